The number of aromatic nitrogens is 3. The molecule has 1 aromatic carbocycles. The molecule has 1 N–H and O–H groups in total. The number of nitrogens with zero attached hydrogens (tertiary/aromatic N) is 4. The Kier molecular flexibility index (Phi) is 4.77. The van der Waals surface area contributed by atoms with Crippen molar-refractivity contribution in [1.29, 1.82) is 0 Å². The second kappa shape index (κ2) is 6.57. The Balaban J connectivity index is 2.26. The lowest BCUT2D eigenvalue weighted by molar-refractivity contribution is -0.138. The van der Waals surface area contributed by atoms with E-state index in [1.165, 1.54) is 15.8 Å². The summed E-state index contributed by atoms with van der Waals surface area (Å²) in [6.07, 6.45) is 1.45. The van der Waals surface area contributed by atoms with Gasteiger partial charge in [-0.25, -0.2) is 4.68 Å². The van der Waals surface area contributed by atoms with E-state index in [9.17, 15) is 9.59 Å². The number of carbonyl (C=O) groups excluding carboxylic acids is 1. The molecule has 1 amide bonds. The maximum Gasteiger partial charge on any atom is 0.323 e. The number of aliphatic carboxylic acids is 1. The Morgan fingerprint density at radius 3 is 2.73 bits per heavy atom. The van der Waals surface area contributed by atoms with Gasteiger partial charge in [0.05, 0.1) is 11.9 Å². The molecule has 0 bridgehead atoms. The summed E-state index contributed by atoms with van der Waals surface area (Å²) in [6, 6.07) is 6.67. The minimum absolute atomic E-state index is 0.0786. The van der Waals surface area contributed by atoms with Crippen LogP contribution in [0, 0.1) is 0 Å². The molecule has 0 aliphatic carbocycles. The van der Waals surface area contributed by atoms with Crippen LogP contribution in [0.3, 0.4) is 0 Å². The fourth-order valence-corrected chi connectivity index (χ4v) is 2.07. The predicted molar refractivity (Wildman–Crippen MR) is 80.2 cm³/mol. The third-order valence-corrected chi connectivity index (χ3v) is 3.21. The number of amides is 1. The topological polar surface area (TPSA) is 88.3 Å². The van der Waals surface area contributed by atoms with Gasteiger partial charge in [0.1, 0.15) is 6.54 Å². The van der Waals surface area contributed by atoms with Crippen LogP contribution in [0.15, 0.2) is 30.5 Å². The van der Waals surface area contributed by atoms with Gasteiger partial charge >= 0.3 is 5.97 Å². The van der Waals surface area contributed by atoms with Gasteiger partial charge < -0.3 is 10.0 Å². The Morgan fingerprint density at radius 1 is 1.41 bits per heavy atom. The SMILES string of the molecule is CC(C)N(CC(=O)O)C(=O)c1cn(-c2cccc(Cl)c2)nn1. The average Bonchev–Trinajstić information content (AvgIpc) is 2.93. The van der Waals surface area contributed by atoms with E-state index >= 15 is 0 Å². The number of carbonyl (C=O) groups is 2. The van der Waals surface area contributed by atoms with Crippen LogP contribution in [0.25, 0.3) is 5.69 Å². The molecule has 1 heterocycles. The summed E-state index contributed by atoms with van der Waals surface area (Å²) < 4.78 is 1.42. The van der Waals surface area contributed by atoms with Crippen LogP contribution in [-0.4, -0.2) is 49.5 Å². The molecule has 0 saturated carbocycles. The number of rotatable bonds is 5. The molecule has 1 aromatic heterocycles. The average molecular weight is 323 g/mol. The molecule has 0 saturated heterocycles. The van der Waals surface area contributed by atoms with Gasteiger partial charge in [0.15, 0.2) is 5.69 Å². The summed E-state index contributed by atoms with van der Waals surface area (Å²) >= 11 is 5.91. The molecule has 0 atom stereocenters. The van der Waals surface area contributed by atoms with E-state index in [4.69, 9.17) is 16.7 Å². The monoisotopic (exact) mass is 322 g/mol. The van der Waals surface area contributed by atoms with Crippen LogP contribution in [0.5, 0.6) is 0 Å². The largest absolute Gasteiger partial charge is 0.480 e. The standard InChI is InChI=1S/C14H15ClN4O3/c1-9(2)18(8-13(20)21)14(22)12-7-19(17-16-12)11-5-3-4-10(15)6-11/h3-7,9H,8H2,1-2H3,(H,20,21). The van der Waals surface area contributed by atoms with Crippen molar-refractivity contribution in [3.63, 3.8) is 0 Å². The van der Waals surface area contributed by atoms with Crippen molar-refractivity contribution in [3.05, 3.63) is 41.2 Å². The number of hydrogen-bond donors (Lipinski definition) is 1. The Labute approximate surface area is 132 Å². The zero-order chi connectivity index (χ0) is 16.3. The van der Waals surface area contributed by atoms with Crippen molar-refractivity contribution < 1.29 is 14.7 Å². The molecule has 7 nitrogen and oxygen atoms in total. The van der Waals surface area contributed by atoms with Crippen molar-refractivity contribution >= 4 is 23.5 Å². The lowest BCUT2D eigenvalue weighted by atomic mass is 10.2. The summed E-state index contributed by atoms with van der Waals surface area (Å²) in [4.78, 5) is 24.4. The molecule has 22 heavy (non-hydrogen) atoms. The van der Waals surface area contributed by atoms with E-state index in [1.807, 2.05) is 0 Å². The summed E-state index contributed by atoms with van der Waals surface area (Å²) in [5, 5.41) is 17.1. The molecule has 8 heteroatoms. The minimum Gasteiger partial charge on any atom is -0.480 e. The second-order valence-electron chi connectivity index (χ2n) is 4.95. The molecular formula is C14H15ClN4O3. The highest BCUT2D eigenvalue weighted by Gasteiger charge is 2.23. The first-order chi connectivity index (χ1) is 10.4. The molecule has 2 aromatic rings. The molecule has 0 aliphatic rings. The number of carboxylic acid groups (broad SMARTS) is 1. The van der Waals surface area contributed by atoms with Gasteiger partial charge in [0, 0.05) is 11.1 Å². The third kappa shape index (κ3) is 3.62. The first-order valence-corrected chi connectivity index (χ1v) is 6.97. The number of hydrogen-bond acceptors (Lipinski definition) is 4. The van der Waals surface area contributed by atoms with Crippen molar-refractivity contribution in [1.82, 2.24) is 19.9 Å². The summed E-state index contributed by atoms with van der Waals surface area (Å²) in [5.41, 5.74) is 0.739. The maximum absolute atomic E-state index is 12.4. The first kappa shape index (κ1) is 16.0. The van der Waals surface area contributed by atoms with Gasteiger partial charge in [-0.05, 0) is 32.0 Å². The van der Waals surface area contributed by atoms with Gasteiger partial charge in [-0.1, -0.05) is 22.9 Å². The molecular weight excluding hydrogens is 308 g/mol. The van der Waals surface area contributed by atoms with Gasteiger partial charge in [-0.2, -0.15) is 0 Å². The quantitative estimate of drug-likeness (QED) is 0.907. The minimum atomic E-state index is -1.08. The van der Waals surface area contributed by atoms with Gasteiger partial charge in [-0.3, -0.25) is 9.59 Å². The zero-order valence-corrected chi connectivity index (χ0v) is 12.9. The highest BCUT2D eigenvalue weighted by molar-refractivity contribution is 6.30. The fraction of sp³-hybridized carbons (Fsp3) is 0.286. The van der Waals surface area contributed by atoms with Crippen molar-refractivity contribution in [2.24, 2.45) is 0 Å². The lowest BCUT2D eigenvalue weighted by Gasteiger charge is -2.23. The summed E-state index contributed by atoms with van der Waals surface area (Å²) in [7, 11) is 0. The van der Waals surface area contributed by atoms with Gasteiger partial charge in [-0.15, -0.1) is 5.10 Å². The van der Waals surface area contributed by atoms with Crippen molar-refractivity contribution in [2.75, 3.05) is 6.54 Å². The van der Waals surface area contributed by atoms with Crippen LogP contribution >= 0.6 is 11.6 Å². The molecule has 2 rings (SSSR count). The number of carboxylic acids is 1. The fourth-order valence-electron chi connectivity index (χ4n) is 1.89. The van der Waals surface area contributed by atoms with Crippen LogP contribution in [0.4, 0.5) is 0 Å². The second-order valence-corrected chi connectivity index (χ2v) is 5.39. The molecule has 0 aliphatic heterocycles. The van der Waals surface area contributed by atoms with Crippen LogP contribution in [0.2, 0.25) is 5.02 Å². The smallest absolute Gasteiger partial charge is 0.323 e. The Bertz CT molecular complexity index is 699. The van der Waals surface area contributed by atoms with E-state index < -0.39 is 11.9 Å². The van der Waals surface area contributed by atoms with Crippen molar-refractivity contribution in [3.8, 4) is 5.69 Å². The van der Waals surface area contributed by atoms with E-state index in [0.717, 1.165) is 0 Å². The zero-order valence-electron chi connectivity index (χ0n) is 12.1. The normalized spacial score (nSPS) is 10.7. The van der Waals surface area contributed by atoms with Gasteiger partial charge in [0.2, 0.25) is 0 Å². The predicted octanol–water partition coefficient (Wildman–Crippen LogP) is 1.86. The summed E-state index contributed by atoms with van der Waals surface area (Å²) in [6.45, 7) is 3.09. The van der Waals surface area contributed by atoms with Crippen LogP contribution in [0.1, 0.15) is 24.3 Å². The lowest BCUT2D eigenvalue weighted by Crippen LogP contribution is -2.40. The van der Waals surface area contributed by atoms with E-state index in [2.05, 4.69) is 10.3 Å². The van der Waals surface area contributed by atoms with Gasteiger partial charge in [0.25, 0.3) is 5.91 Å². The molecule has 0 unspecified atom stereocenters. The highest BCUT2D eigenvalue weighted by atomic mass is 35.5. The Morgan fingerprint density at radius 2 is 2.14 bits per heavy atom. The first-order valence-electron chi connectivity index (χ1n) is 6.59. The molecule has 0 fully saturated rings. The number of halogens is 1. The van der Waals surface area contributed by atoms with Crippen LogP contribution in [-0.2, 0) is 4.79 Å². The Hall–Kier alpha value is -2.41. The van der Waals surface area contributed by atoms with E-state index in [-0.39, 0.29) is 18.3 Å². The third-order valence-electron chi connectivity index (χ3n) is 2.98. The van der Waals surface area contributed by atoms with E-state index in [0.29, 0.717) is 10.7 Å². The number of benzene rings is 1. The van der Waals surface area contributed by atoms with E-state index in [1.54, 1.807) is 38.1 Å². The molecule has 0 radical (unpaired) electrons. The maximum atomic E-state index is 12.4. The van der Waals surface area contributed by atoms with Crippen LogP contribution < -0.4 is 0 Å². The molecule has 116 valence electrons. The summed E-state index contributed by atoms with van der Waals surface area (Å²) in [5.74, 6) is -1.56. The highest BCUT2D eigenvalue weighted by Crippen LogP contribution is 2.14. The van der Waals surface area contributed by atoms with Crippen molar-refractivity contribution in [2.45, 2.75) is 19.9 Å². The molecule has 0 spiro atoms.